The van der Waals surface area contributed by atoms with Crippen molar-refractivity contribution >= 4 is 46.3 Å². The minimum atomic E-state index is -0.951. The number of methoxy groups -OCH3 is 1. The van der Waals surface area contributed by atoms with Crippen molar-refractivity contribution in [3.63, 3.8) is 0 Å². The monoisotopic (exact) mass is 1120 g/mol. The van der Waals surface area contributed by atoms with Crippen LogP contribution in [0.1, 0.15) is 154 Å². The van der Waals surface area contributed by atoms with Gasteiger partial charge in [-0.25, -0.2) is 14.4 Å². The fourth-order valence-electron chi connectivity index (χ4n) is 15.6. The molecule has 6 aliphatic rings. The maximum Gasteiger partial charge on any atom is 0.407 e. The van der Waals surface area contributed by atoms with Crippen molar-refractivity contribution in [2.45, 2.75) is 149 Å². The van der Waals surface area contributed by atoms with E-state index in [1.165, 1.54) is 71.0 Å². The predicted octanol–water partition coefficient (Wildman–Crippen LogP) is 14.5. The zero-order valence-corrected chi connectivity index (χ0v) is 51.3. The number of amides is 3. The van der Waals surface area contributed by atoms with Crippen molar-refractivity contribution in [2.75, 3.05) is 69.4 Å². The lowest BCUT2D eigenvalue weighted by Crippen LogP contribution is -2.59. The highest BCUT2D eigenvalue weighted by Crippen LogP contribution is 2.60. The van der Waals surface area contributed by atoms with Gasteiger partial charge in [0.15, 0.2) is 5.60 Å². The lowest BCUT2D eigenvalue weighted by atomic mass is 9.62. The Morgan fingerprint density at radius 3 is 2.23 bits per heavy atom. The number of esters is 1. The molecule has 12 nitrogen and oxygen atoms in total. The Kier molecular flexibility index (Phi) is 15.5. The summed E-state index contributed by atoms with van der Waals surface area (Å²) < 4.78 is 24.7. The number of benzene rings is 5. The number of hydrogen-bond donors (Lipinski definition) is 2. The molecule has 0 aromatic heterocycles. The zero-order valence-electron chi connectivity index (χ0n) is 51.3. The van der Waals surface area contributed by atoms with Crippen LogP contribution in [0.4, 0.5) is 21.0 Å². The molecule has 6 atom stereocenters. The van der Waals surface area contributed by atoms with Crippen LogP contribution in [0.25, 0.3) is 28.0 Å². The molecule has 0 bridgehead atoms. The molecule has 440 valence electrons. The van der Waals surface area contributed by atoms with Crippen LogP contribution in [0.15, 0.2) is 103 Å². The maximum atomic E-state index is 14.2. The fourth-order valence-corrected chi connectivity index (χ4v) is 15.6. The third-order valence-electron chi connectivity index (χ3n) is 19.5. The van der Waals surface area contributed by atoms with Crippen LogP contribution in [-0.4, -0.2) is 94.7 Å². The number of ether oxygens (including phenoxy) is 4. The van der Waals surface area contributed by atoms with Gasteiger partial charge in [-0.3, -0.25) is 0 Å². The molecule has 5 aromatic rings. The van der Waals surface area contributed by atoms with Crippen molar-refractivity contribution in [3.05, 3.63) is 137 Å². The van der Waals surface area contributed by atoms with E-state index < -0.39 is 17.7 Å². The molecule has 2 N–H and O–H groups in total. The van der Waals surface area contributed by atoms with Crippen LogP contribution < -0.4 is 29.9 Å². The summed E-state index contributed by atoms with van der Waals surface area (Å²) in [7, 11) is 1.83. The summed E-state index contributed by atoms with van der Waals surface area (Å²) in [6, 6.07) is 31.3. The van der Waals surface area contributed by atoms with Crippen LogP contribution in [0.3, 0.4) is 0 Å². The molecule has 3 aliphatic carbocycles. The van der Waals surface area contributed by atoms with Crippen molar-refractivity contribution in [3.8, 4) is 22.6 Å². The van der Waals surface area contributed by atoms with Crippen LogP contribution in [0.5, 0.6) is 11.5 Å². The number of urea groups is 1. The normalized spacial score (nSPS) is 25.0. The number of hydrogen-bond acceptors (Lipinski definition) is 9. The molecule has 3 heterocycles. The van der Waals surface area contributed by atoms with Crippen molar-refractivity contribution in [1.82, 2.24) is 15.5 Å². The number of nitrogens with zero attached hydrogens (tertiary/aromatic N) is 3. The molecule has 83 heavy (non-hydrogen) atoms. The maximum absolute atomic E-state index is 14.2. The van der Waals surface area contributed by atoms with E-state index in [0.29, 0.717) is 38.5 Å². The summed E-state index contributed by atoms with van der Waals surface area (Å²) in [6.07, 6.45) is 13.1. The van der Waals surface area contributed by atoms with E-state index in [1.54, 1.807) is 6.92 Å². The Labute approximate surface area is 493 Å². The van der Waals surface area contributed by atoms with Crippen molar-refractivity contribution in [1.29, 1.82) is 0 Å². The smallest absolute Gasteiger partial charge is 0.407 e. The van der Waals surface area contributed by atoms with E-state index in [1.807, 2.05) is 12.0 Å². The number of piperidine rings is 1. The molecular weight excluding hydrogens is 1030 g/mol. The summed E-state index contributed by atoms with van der Waals surface area (Å²) in [5, 5.41) is 8.61. The van der Waals surface area contributed by atoms with E-state index in [2.05, 4.69) is 186 Å². The third kappa shape index (κ3) is 11.2. The number of alkyl carbamates (subject to hydrolysis) is 1. The topological polar surface area (TPSA) is 122 Å². The number of fused-ring (bicyclic) bond motifs is 9. The molecule has 2 saturated carbocycles. The molecule has 6 unspecified atom stereocenters. The summed E-state index contributed by atoms with van der Waals surface area (Å²) in [5.41, 5.74) is 10.8. The van der Waals surface area contributed by atoms with E-state index in [9.17, 15) is 14.4 Å². The number of carbonyl (C=O) groups is 3. The minimum Gasteiger partial charge on any atom is -0.495 e. The van der Waals surface area contributed by atoms with E-state index in [-0.39, 0.29) is 58.6 Å². The van der Waals surface area contributed by atoms with E-state index in [0.717, 1.165) is 71.1 Å². The molecule has 12 heteroatoms. The Balaban J connectivity index is 0.852. The number of rotatable bonds is 12. The van der Waals surface area contributed by atoms with E-state index >= 15 is 0 Å². The molecular formula is C71H89N5O7. The quantitative estimate of drug-likeness (QED) is 0.0714. The minimum absolute atomic E-state index is 0.00279. The summed E-state index contributed by atoms with van der Waals surface area (Å²) in [4.78, 5) is 45.6. The van der Waals surface area contributed by atoms with E-state index in [4.69, 9.17) is 18.9 Å². The Bertz CT molecular complexity index is 3340. The predicted molar refractivity (Wildman–Crippen MR) is 334 cm³/mol. The Hall–Kier alpha value is -6.95. The first-order chi connectivity index (χ1) is 39.5. The lowest BCUT2D eigenvalue weighted by Gasteiger charge is -2.48. The van der Waals surface area contributed by atoms with Gasteiger partial charge in [-0.05, 0) is 138 Å². The van der Waals surface area contributed by atoms with Gasteiger partial charge in [-0.15, -0.1) is 0 Å². The average molecular weight is 1120 g/mol. The van der Waals surface area contributed by atoms with Crippen molar-refractivity contribution < 1.29 is 33.3 Å². The highest BCUT2D eigenvalue weighted by Gasteiger charge is 2.47. The van der Waals surface area contributed by atoms with Gasteiger partial charge in [-0.2, -0.15) is 0 Å². The molecule has 0 radical (unpaired) electrons. The molecule has 3 aliphatic heterocycles. The van der Waals surface area contributed by atoms with Gasteiger partial charge >= 0.3 is 18.1 Å². The Morgan fingerprint density at radius 1 is 0.795 bits per heavy atom. The first-order valence-corrected chi connectivity index (χ1v) is 30.7. The first-order valence-electron chi connectivity index (χ1n) is 30.7. The molecule has 0 spiro atoms. The second-order valence-corrected chi connectivity index (χ2v) is 27.9. The van der Waals surface area contributed by atoms with Crippen LogP contribution in [-0.2, 0) is 30.7 Å². The van der Waals surface area contributed by atoms with Gasteiger partial charge in [0.2, 0.25) is 0 Å². The fraction of sp³-hybridized carbons (Fsp3) is 0.507. The molecule has 4 fully saturated rings. The van der Waals surface area contributed by atoms with Crippen LogP contribution >= 0.6 is 0 Å². The molecule has 2 saturated heterocycles. The summed E-state index contributed by atoms with van der Waals surface area (Å²) in [6.45, 7) is 30.0. The Morgan fingerprint density at radius 2 is 1.52 bits per heavy atom. The molecule has 5 aromatic carbocycles. The van der Waals surface area contributed by atoms with Gasteiger partial charge in [-0.1, -0.05) is 148 Å². The van der Waals surface area contributed by atoms with Gasteiger partial charge in [0.25, 0.3) is 0 Å². The molecule has 3 amide bonds. The molecule has 11 rings (SSSR count). The van der Waals surface area contributed by atoms with Gasteiger partial charge in [0.1, 0.15) is 24.7 Å². The summed E-state index contributed by atoms with van der Waals surface area (Å²) in [5.74, 6) is 2.78. The average Bonchev–Trinajstić information content (AvgIpc) is 1.90. The second kappa shape index (κ2) is 22.2. The SMILES string of the molecule is C=C(C)C(=O)OCCOC(=O)NCC1(C)CC(NC(=O)N2CCN(c3ccc(C4(c5ccccc5)C=Cc5c6c(c7cc(N8CCC9CCCCC9C8)c(OC)cc7c5O4)-c4ccc(C(C)(C)C)cc4C6(C)C)cc3)CC2C)CC(C)(C)C1. The number of anilines is 2. The standard InChI is InChI=1S/C71H89N5O7/c1-45(2)64(77)81-34-35-82-66(79)72-44-70(11)40-52(39-68(7,8)43-70)73-65(78)76-33-32-74(41-46(76)3)53-25-22-50(23-26-53)71(49-20-14-13-15-21-49)30-28-55-62-61(54-27-24-51(67(4,5)6)36-58(54)69(62,9)10)56-37-59(60(80-12)38-57(56)63(55)83-71)75-31-29-47-18-16-17-19-48(47)42-75/h13-15,20-28,30,36-38,46-48,52H,1,16-19,29,31-35,39-44H2,2-12H3,(H,72,79)(H,73,78). The van der Waals surface area contributed by atoms with Gasteiger partial charge in [0.05, 0.1) is 12.8 Å². The first kappa shape index (κ1) is 57.8. The van der Waals surface area contributed by atoms with Crippen molar-refractivity contribution in [2.24, 2.45) is 22.7 Å². The second-order valence-electron chi connectivity index (χ2n) is 27.9. The number of nitrogens with one attached hydrogen (secondary N) is 2. The number of carbonyl (C=O) groups excluding carboxylic acids is 3. The van der Waals surface area contributed by atoms with Gasteiger partial charge in [0, 0.05) is 90.1 Å². The van der Waals surface area contributed by atoms with Crippen LogP contribution in [0, 0.1) is 22.7 Å². The van der Waals surface area contributed by atoms with Crippen LogP contribution in [0.2, 0.25) is 0 Å². The highest BCUT2D eigenvalue weighted by atomic mass is 16.6. The van der Waals surface area contributed by atoms with Gasteiger partial charge < -0.3 is 44.3 Å². The summed E-state index contributed by atoms with van der Waals surface area (Å²) >= 11 is 0. The lowest BCUT2D eigenvalue weighted by molar-refractivity contribution is -0.139. The highest BCUT2D eigenvalue weighted by molar-refractivity contribution is 6.10. The largest absolute Gasteiger partial charge is 0.495 e. The number of piperazine rings is 1. The zero-order chi connectivity index (χ0) is 58.8. The third-order valence-corrected chi connectivity index (χ3v) is 19.5.